The van der Waals surface area contributed by atoms with Gasteiger partial charge in [0.05, 0.1) is 6.33 Å². The van der Waals surface area contributed by atoms with Crippen LogP contribution in [0.5, 0.6) is 0 Å². The fourth-order valence-corrected chi connectivity index (χ4v) is 5.31. The maximum Gasteiger partial charge on any atom is 0.323 e. The highest BCUT2D eigenvalue weighted by molar-refractivity contribution is 5.81. The first kappa shape index (κ1) is 32.8. The first-order chi connectivity index (χ1) is 20.8. The van der Waals surface area contributed by atoms with Crippen LogP contribution >= 0.6 is 0 Å². The van der Waals surface area contributed by atoms with Crippen molar-refractivity contribution in [3.05, 3.63) is 48.5 Å². The summed E-state index contributed by atoms with van der Waals surface area (Å²) >= 11 is 0. The second-order valence-electron chi connectivity index (χ2n) is 12.2. The summed E-state index contributed by atoms with van der Waals surface area (Å²) in [6.07, 6.45) is 1.02. The molecule has 1 aliphatic heterocycles. The van der Waals surface area contributed by atoms with E-state index < -0.39 is 48.1 Å². The van der Waals surface area contributed by atoms with Crippen LogP contribution in [-0.2, 0) is 39.9 Å². The molecular weight excluding hydrogens is 568 g/mol. The quantitative estimate of drug-likeness (QED) is 0.226. The molecule has 3 heterocycles. The van der Waals surface area contributed by atoms with Crippen molar-refractivity contribution in [1.82, 2.24) is 24.8 Å². The van der Waals surface area contributed by atoms with E-state index >= 15 is 0 Å². The summed E-state index contributed by atoms with van der Waals surface area (Å²) < 4.78 is 25.1. The van der Waals surface area contributed by atoms with E-state index in [1.54, 1.807) is 4.57 Å². The van der Waals surface area contributed by atoms with E-state index in [1.165, 1.54) is 26.5 Å². The van der Waals surface area contributed by atoms with Crippen LogP contribution in [0.15, 0.2) is 43.0 Å². The molecule has 3 N–H and O–H groups in total. The average molecular weight is 611 g/mol. The van der Waals surface area contributed by atoms with Crippen molar-refractivity contribution in [2.45, 2.75) is 104 Å². The molecular formula is C31H42N6O7. The van der Waals surface area contributed by atoms with Gasteiger partial charge in [0.2, 0.25) is 0 Å². The van der Waals surface area contributed by atoms with Gasteiger partial charge in [-0.05, 0) is 51.5 Å². The predicted molar refractivity (Wildman–Crippen MR) is 161 cm³/mol. The highest BCUT2D eigenvalue weighted by Crippen LogP contribution is 2.38. The molecule has 0 unspecified atom stereocenters. The van der Waals surface area contributed by atoms with E-state index in [1.807, 2.05) is 58.0 Å². The number of anilines is 1. The Kier molecular flexibility index (Phi) is 10.5. The molecule has 44 heavy (non-hydrogen) atoms. The van der Waals surface area contributed by atoms with Crippen LogP contribution < -0.4 is 11.1 Å². The molecule has 0 radical (unpaired) electrons. The van der Waals surface area contributed by atoms with Crippen molar-refractivity contribution in [2.24, 2.45) is 5.92 Å². The Morgan fingerprint density at radius 2 is 1.70 bits per heavy atom. The molecule has 1 saturated heterocycles. The predicted octanol–water partition coefficient (Wildman–Crippen LogP) is 3.48. The van der Waals surface area contributed by atoms with Crippen molar-refractivity contribution in [3.63, 3.8) is 0 Å². The first-order valence-corrected chi connectivity index (χ1v) is 14.8. The standard InChI is InChI=1S/C31H42N6O7/c1-18(12-13-22(30(40)44-31(4,5)6)33-15-21-10-8-7-9-11-21)14-23-25(41-19(2)38)26(42-20(3)39)29(43-23)37-17-36-24-27(32)34-16-35-28(24)37/h7-11,16-18,22-23,25-26,29,33H,12-15H2,1-6H3,(H2,32,34,35)/t18-,22-,23+,25+,26+,29+/m0/s1. The fourth-order valence-electron chi connectivity index (χ4n) is 5.31. The molecule has 1 fully saturated rings. The fraction of sp³-hybridized carbons (Fsp3) is 0.548. The number of aromatic nitrogens is 4. The number of carbonyl (C=O) groups excluding carboxylic acids is 3. The number of imidazole rings is 1. The Bertz CT molecular complexity index is 1440. The van der Waals surface area contributed by atoms with Crippen molar-refractivity contribution >= 4 is 34.9 Å². The highest BCUT2D eigenvalue weighted by Gasteiger charge is 2.50. The zero-order valence-electron chi connectivity index (χ0n) is 26.1. The number of carbonyl (C=O) groups is 3. The van der Waals surface area contributed by atoms with Crippen LogP contribution in [0.2, 0.25) is 0 Å². The molecule has 1 aromatic carbocycles. The number of ether oxygens (including phenoxy) is 4. The minimum absolute atomic E-state index is 0.0238. The molecule has 13 heteroatoms. The molecule has 0 bridgehead atoms. The minimum Gasteiger partial charge on any atom is -0.459 e. The summed E-state index contributed by atoms with van der Waals surface area (Å²) in [6, 6.07) is 9.30. The van der Waals surface area contributed by atoms with E-state index in [0.29, 0.717) is 37.0 Å². The van der Waals surface area contributed by atoms with Crippen LogP contribution in [-0.4, -0.2) is 67.4 Å². The minimum atomic E-state index is -0.968. The molecule has 4 rings (SSSR count). The third-order valence-electron chi connectivity index (χ3n) is 7.22. The molecule has 2 aromatic heterocycles. The number of benzene rings is 1. The number of nitrogens with zero attached hydrogens (tertiary/aromatic N) is 4. The SMILES string of the molecule is CC(=O)O[C@@H]1[C@H](OC(C)=O)[C@@H](C[C@@H](C)CC[C@H](NCc2ccccc2)C(=O)OC(C)(C)C)O[C@H]1n1cnc2c(N)ncnc21. The van der Waals surface area contributed by atoms with Gasteiger partial charge in [0.25, 0.3) is 0 Å². The van der Waals surface area contributed by atoms with Crippen LogP contribution in [0.25, 0.3) is 11.2 Å². The van der Waals surface area contributed by atoms with Crippen molar-refractivity contribution in [3.8, 4) is 0 Å². The van der Waals surface area contributed by atoms with Crippen molar-refractivity contribution in [1.29, 1.82) is 0 Å². The van der Waals surface area contributed by atoms with Crippen LogP contribution in [0.3, 0.4) is 0 Å². The number of nitrogens with two attached hydrogens (primary N) is 1. The smallest absolute Gasteiger partial charge is 0.323 e. The summed E-state index contributed by atoms with van der Waals surface area (Å²) in [5.74, 6) is -1.20. The van der Waals surface area contributed by atoms with Gasteiger partial charge in [-0.2, -0.15) is 0 Å². The largest absolute Gasteiger partial charge is 0.459 e. The van der Waals surface area contributed by atoms with Crippen LogP contribution in [0, 0.1) is 5.92 Å². The van der Waals surface area contributed by atoms with Gasteiger partial charge in [-0.15, -0.1) is 0 Å². The van der Waals surface area contributed by atoms with Crippen LogP contribution in [0.1, 0.15) is 72.6 Å². The van der Waals surface area contributed by atoms with E-state index in [-0.39, 0.29) is 17.7 Å². The summed E-state index contributed by atoms with van der Waals surface area (Å²) in [7, 11) is 0. The lowest BCUT2D eigenvalue weighted by Crippen LogP contribution is -2.41. The molecule has 3 aromatic rings. The molecule has 1 aliphatic rings. The van der Waals surface area contributed by atoms with Gasteiger partial charge < -0.3 is 30.0 Å². The number of fused-ring (bicyclic) bond motifs is 1. The third-order valence-corrected chi connectivity index (χ3v) is 7.22. The van der Waals surface area contributed by atoms with Gasteiger partial charge in [-0.1, -0.05) is 37.3 Å². The summed E-state index contributed by atoms with van der Waals surface area (Å²) in [5, 5.41) is 3.35. The highest BCUT2D eigenvalue weighted by atomic mass is 16.6. The Hall–Kier alpha value is -4.10. The van der Waals surface area contributed by atoms with Gasteiger partial charge in [0.1, 0.15) is 29.6 Å². The first-order valence-electron chi connectivity index (χ1n) is 14.8. The van der Waals surface area contributed by atoms with Gasteiger partial charge in [-0.3, -0.25) is 19.0 Å². The normalized spacial score (nSPS) is 21.5. The lowest BCUT2D eigenvalue weighted by molar-refractivity contribution is -0.165. The molecule has 6 atom stereocenters. The van der Waals surface area contributed by atoms with Crippen LogP contribution in [0.4, 0.5) is 5.82 Å². The number of esters is 3. The zero-order chi connectivity index (χ0) is 32.0. The number of nitrogens with one attached hydrogen (secondary N) is 1. The lowest BCUT2D eigenvalue weighted by Gasteiger charge is -2.26. The maximum atomic E-state index is 13.1. The van der Waals surface area contributed by atoms with E-state index in [4.69, 9.17) is 24.7 Å². The molecule has 0 saturated carbocycles. The zero-order valence-corrected chi connectivity index (χ0v) is 26.1. The van der Waals surface area contributed by atoms with Crippen molar-refractivity contribution in [2.75, 3.05) is 5.73 Å². The van der Waals surface area contributed by atoms with Gasteiger partial charge in [0, 0.05) is 20.4 Å². The molecule has 0 amide bonds. The third kappa shape index (κ3) is 8.50. The Morgan fingerprint density at radius 3 is 2.36 bits per heavy atom. The Labute approximate surface area is 256 Å². The van der Waals surface area contributed by atoms with Gasteiger partial charge in [0.15, 0.2) is 29.9 Å². The van der Waals surface area contributed by atoms with E-state index in [2.05, 4.69) is 20.3 Å². The Balaban J connectivity index is 1.51. The number of rotatable bonds is 12. The molecule has 238 valence electrons. The lowest BCUT2D eigenvalue weighted by atomic mass is 9.93. The number of hydrogen-bond donors (Lipinski definition) is 2. The van der Waals surface area contributed by atoms with Gasteiger partial charge >= 0.3 is 17.9 Å². The molecule has 0 spiro atoms. The summed E-state index contributed by atoms with van der Waals surface area (Å²) in [4.78, 5) is 50.0. The monoisotopic (exact) mass is 610 g/mol. The van der Waals surface area contributed by atoms with Gasteiger partial charge in [-0.25, -0.2) is 15.0 Å². The second kappa shape index (κ2) is 14.1. The molecule has 13 nitrogen and oxygen atoms in total. The second-order valence-corrected chi connectivity index (χ2v) is 12.2. The number of hydrogen-bond acceptors (Lipinski definition) is 12. The number of nitrogen functional groups attached to an aromatic ring is 1. The summed E-state index contributed by atoms with van der Waals surface area (Å²) in [5.41, 5.74) is 7.16. The maximum absolute atomic E-state index is 13.1. The summed E-state index contributed by atoms with van der Waals surface area (Å²) in [6.45, 7) is 10.6. The Morgan fingerprint density at radius 1 is 1.02 bits per heavy atom. The topological polar surface area (TPSA) is 170 Å². The van der Waals surface area contributed by atoms with Crippen molar-refractivity contribution < 1.29 is 33.3 Å². The molecule has 0 aliphatic carbocycles. The average Bonchev–Trinajstić information content (AvgIpc) is 3.50. The van der Waals surface area contributed by atoms with E-state index in [0.717, 1.165) is 5.56 Å². The van der Waals surface area contributed by atoms with E-state index in [9.17, 15) is 14.4 Å².